The molecule has 6 nitrogen and oxygen atoms in total. The molecule has 7 heteroatoms. The van der Waals surface area contributed by atoms with E-state index >= 15 is 0 Å². The van der Waals surface area contributed by atoms with Crippen molar-refractivity contribution in [2.45, 2.75) is 20.3 Å². The lowest BCUT2D eigenvalue weighted by atomic mass is 10.1. The Balaban J connectivity index is 2.10. The van der Waals surface area contributed by atoms with E-state index in [1.807, 2.05) is 31.2 Å². The van der Waals surface area contributed by atoms with Crippen molar-refractivity contribution in [2.75, 3.05) is 31.6 Å². The van der Waals surface area contributed by atoms with Crippen LogP contribution in [0.1, 0.15) is 20.3 Å². The zero-order valence-corrected chi connectivity index (χ0v) is 16.3. The first kappa shape index (κ1) is 19.4. The quantitative estimate of drug-likeness (QED) is 0.533. The van der Waals surface area contributed by atoms with E-state index in [-0.39, 0.29) is 24.3 Å². The summed E-state index contributed by atoms with van der Waals surface area (Å²) in [4.78, 5) is 40.4. The molecule has 1 saturated heterocycles. The summed E-state index contributed by atoms with van der Waals surface area (Å²) in [6.07, 6.45) is 0.474. The second-order valence-corrected chi connectivity index (χ2v) is 6.94. The summed E-state index contributed by atoms with van der Waals surface area (Å²) in [7, 11) is 1.33. The molecule has 0 aliphatic carbocycles. The standard InChI is InChI=1S/C18H23BrN2O4/c1-4-20(11-12(2)18(24)25-3)16(22)13-9-10-21(17(13)23)15-8-6-5-7-14(15)19/h5-8,12-13H,4,9-11H2,1-3H3. The minimum atomic E-state index is -0.697. The number of carbonyl (C=O) groups excluding carboxylic acids is 3. The molecule has 0 N–H and O–H groups in total. The van der Waals surface area contributed by atoms with Gasteiger partial charge in [-0.25, -0.2) is 0 Å². The lowest BCUT2D eigenvalue weighted by Gasteiger charge is -2.26. The Morgan fingerprint density at radius 1 is 1.40 bits per heavy atom. The maximum atomic E-state index is 12.8. The molecule has 1 aliphatic heterocycles. The highest BCUT2D eigenvalue weighted by Gasteiger charge is 2.40. The number of rotatable bonds is 6. The summed E-state index contributed by atoms with van der Waals surface area (Å²) < 4.78 is 5.54. The molecule has 25 heavy (non-hydrogen) atoms. The minimum absolute atomic E-state index is 0.193. The number of anilines is 1. The topological polar surface area (TPSA) is 66.9 Å². The van der Waals surface area contributed by atoms with Gasteiger partial charge in [0, 0.05) is 24.1 Å². The average molecular weight is 411 g/mol. The van der Waals surface area contributed by atoms with Gasteiger partial charge in [-0.05, 0) is 41.4 Å². The number of amides is 2. The number of benzene rings is 1. The SMILES string of the molecule is CCN(CC(C)C(=O)OC)C(=O)C1CCN(c2ccccc2Br)C1=O. The average Bonchev–Trinajstić information content (AvgIpc) is 2.99. The van der Waals surface area contributed by atoms with Gasteiger partial charge in [0.15, 0.2) is 0 Å². The van der Waals surface area contributed by atoms with Gasteiger partial charge in [0.1, 0.15) is 5.92 Å². The Hall–Kier alpha value is -1.89. The number of carbonyl (C=O) groups is 3. The van der Waals surface area contributed by atoms with Crippen LogP contribution in [0.4, 0.5) is 5.69 Å². The summed E-state index contributed by atoms with van der Waals surface area (Å²) >= 11 is 3.45. The molecule has 1 aromatic rings. The van der Waals surface area contributed by atoms with Crippen molar-refractivity contribution in [3.63, 3.8) is 0 Å². The van der Waals surface area contributed by atoms with E-state index in [4.69, 9.17) is 4.74 Å². The highest BCUT2D eigenvalue weighted by molar-refractivity contribution is 9.10. The molecule has 2 unspecified atom stereocenters. The largest absolute Gasteiger partial charge is 0.469 e. The van der Waals surface area contributed by atoms with E-state index in [1.54, 1.807) is 16.7 Å². The molecule has 0 aromatic heterocycles. The number of ether oxygens (including phenoxy) is 1. The normalized spacial score (nSPS) is 18.2. The fraction of sp³-hybridized carbons (Fsp3) is 0.500. The maximum Gasteiger partial charge on any atom is 0.310 e. The fourth-order valence-corrected chi connectivity index (χ4v) is 3.52. The van der Waals surface area contributed by atoms with Gasteiger partial charge in [0.2, 0.25) is 11.8 Å². The van der Waals surface area contributed by atoms with E-state index < -0.39 is 11.8 Å². The Kier molecular flexibility index (Phi) is 6.58. The van der Waals surface area contributed by atoms with Crippen molar-refractivity contribution in [3.8, 4) is 0 Å². The van der Waals surface area contributed by atoms with Crippen molar-refractivity contribution in [1.82, 2.24) is 4.90 Å². The number of halogens is 1. The van der Waals surface area contributed by atoms with Crippen LogP contribution in [0.25, 0.3) is 0 Å². The summed E-state index contributed by atoms with van der Waals surface area (Å²) in [5.74, 6) is -1.90. The number of hydrogen-bond acceptors (Lipinski definition) is 4. The molecule has 2 atom stereocenters. The van der Waals surface area contributed by atoms with Crippen LogP contribution in [-0.4, -0.2) is 49.4 Å². The Morgan fingerprint density at radius 3 is 2.68 bits per heavy atom. The predicted molar refractivity (Wildman–Crippen MR) is 98.0 cm³/mol. The molecule has 1 aliphatic rings. The van der Waals surface area contributed by atoms with Gasteiger partial charge in [-0.15, -0.1) is 0 Å². The van der Waals surface area contributed by atoms with Crippen LogP contribution < -0.4 is 4.90 Å². The summed E-state index contributed by atoms with van der Waals surface area (Å²) in [6.45, 7) is 4.75. The van der Waals surface area contributed by atoms with Gasteiger partial charge < -0.3 is 14.5 Å². The van der Waals surface area contributed by atoms with E-state index in [1.165, 1.54) is 7.11 Å². The Morgan fingerprint density at radius 2 is 2.08 bits per heavy atom. The first-order valence-corrected chi connectivity index (χ1v) is 9.12. The summed E-state index contributed by atoms with van der Waals surface area (Å²) in [6, 6.07) is 7.46. The number of hydrogen-bond donors (Lipinski definition) is 0. The maximum absolute atomic E-state index is 12.8. The van der Waals surface area contributed by atoms with Crippen molar-refractivity contribution in [2.24, 2.45) is 11.8 Å². The second kappa shape index (κ2) is 8.47. The smallest absolute Gasteiger partial charge is 0.310 e. The molecule has 2 amide bonds. The second-order valence-electron chi connectivity index (χ2n) is 6.08. The number of para-hydroxylation sites is 1. The molecule has 136 valence electrons. The molecule has 2 rings (SSSR count). The van der Waals surface area contributed by atoms with Gasteiger partial charge in [-0.3, -0.25) is 14.4 Å². The van der Waals surface area contributed by atoms with Gasteiger partial charge >= 0.3 is 5.97 Å². The summed E-state index contributed by atoms with van der Waals surface area (Å²) in [5, 5.41) is 0. The molecule has 0 bridgehead atoms. The molecule has 0 spiro atoms. The molecule has 1 aromatic carbocycles. The van der Waals surface area contributed by atoms with Crippen LogP contribution in [0.2, 0.25) is 0 Å². The van der Waals surface area contributed by atoms with Gasteiger partial charge in [-0.2, -0.15) is 0 Å². The van der Waals surface area contributed by atoms with Crippen molar-refractivity contribution in [1.29, 1.82) is 0 Å². The first-order chi connectivity index (χ1) is 11.9. The van der Waals surface area contributed by atoms with Crippen LogP contribution >= 0.6 is 15.9 Å². The van der Waals surface area contributed by atoms with Crippen LogP contribution in [-0.2, 0) is 19.1 Å². The molecule has 1 heterocycles. The third-order valence-corrected chi connectivity index (χ3v) is 5.11. The van der Waals surface area contributed by atoms with Crippen molar-refractivity contribution < 1.29 is 19.1 Å². The van der Waals surface area contributed by atoms with E-state index in [2.05, 4.69) is 15.9 Å². The van der Waals surface area contributed by atoms with Crippen LogP contribution in [0.5, 0.6) is 0 Å². The highest BCUT2D eigenvalue weighted by atomic mass is 79.9. The third kappa shape index (κ3) is 4.21. The molecule has 0 saturated carbocycles. The lowest BCUT2D eigenvalue weighted by Crippen LogP contribution is -2.43. The van der Waals surface area contributed by atoms with E-state index in [0.29, 0.717) is 19.5 Å². The molecular weight excluding hydrogens is 388 g/mol. The van der Waals surface area contributed by atoms with Crippen LogP contribution in [0.3, 0.4) is 0 Å². The molecule has 1 fully saturated rings. The van der Waals surface area contributed by atoms with Crippen LogP contribution in [0, 0.1) is 11.8 Å². The van der Waals surface area contributed by atoms with Crippen LogP contribution in [0.15, 0.2) is 28.7 Å². The summed E-state index contributed by atoms with van der Waals surface area (Å²) in [5.41, 5.74) is 0.772. The number of methoxy groups -OCH3 is 1. The number of nitrogens with zero attached hydrogens (tertiary/aromatic N) is 2. The fourth-order valence-electron chi connectivity index (χ4n) is 3.02. The van der Waals surface area contributed by atoms with Gasteiger partial charge in [0.05, 0.1) is 18.7 Å². The zero-order chi connectivity index (χ0) is 18.6. The Labute approximate surface area is 156 Å². The molecular formula is C18H23BrN2O4. The van der Waals surface area contributed by atoms with Crippen molar-refractivity contribution in [3.05, 3.63) is 28.7 Å². The Bertz CT molecular complexity index is 664. The zero-order valence-electron chi connectivity index (χ0n) is 14.7. The van der Waals surface area contributed by atoms with Gasteiger partial charge in [0.25, 0.3) is 0 Å². The van der Waals surface area contributed by atoms with E-state index in [0.717, 1.165) is 10.2 Å². The van der Waals surface area contributed by atoms with Crippen molar-refractivity contribution >= 4 is 39.4 Å². The lowest BCUT2D eigenvalue weighted by molar-refractivity contribution is -0.147. The third-order valence-electron chi connectivity index (χ3n) is 4.44. The number of esters is 1. The molecule has 0 radical (unpaired) electrons. The predicted octanol–water partition coefficient (Wildman–Crippen LogP) is 2.46. The highest BCUT2D eigenvalue weighted by Crippen LogP contribution is 2.32. The van der Waals surface area contributed by atoms with E-state index in [9.17, 15) is 14.4 Å². The monoisotopic (exact) mass is 410 g/mol. The first-order valence-electron chi connectivity index (χ1n) is 8.33. The minimum Gasteiger partial charge on any atom is -0.469 e. The van der Waals surface area contributed by atoms with Gasteiger partial charge in [-0.1, -0.05) is 19.1 Å².